The lowest BCUT2D eigenvalue weighted by Crippen LogP contribution is -2.49. The van der Waals surface area contributed by atoms with Crippen LogP contribution in [0.3, 0.4) is 0 Å². The summed E-state index contributed by atoms with van der Waals surface area (Å²) in [5.41, 5.74) is 1.44. The number of nitrogens with one attached hydrogen (secondary N) is 1. The minimum atomic E-state index is -0.618. The summed E-state index contributed by atoms with van der Waals surface area (Å²) in [6.07, 6.45) is 0.620. The van der Waals surface area contributed by atoms with Crippen molar-refractivity contribution in [2.75, 3.05) is 6.54 Å². The van der Waals surface area contributed by atoms with Gasteiger partial charge in [-0.1, -0.05) is 59.9 Å². The van der Waals surface area contributed by atoms with Crippen LogP contribution in [0.2, 0.25) is 15.1 Å². The molecule has 28 heavy (non-hydrogen) atoms. The quantitative estimate of drug-likeness (QED) is 0.617. The van der Waals surface area contributed by atoms with E-state index in [0.29, 0.717) is 33.6 Å². The molecule has 0 bridgehead atoms. The fraction of sp³-hybridized carbons (Fsp3) is 0.333. The fourth-order valence-electron chi connectivity index (χ4n) is 2.94. The van der Waals surface area contributed by atoms with Gasteiger partial charge in [-0.15, -0.1) is 0 Å². The monoisotopic (exact) mass is 440 g/mol. The maximum atomic E-state index is 13.2. The Bertz CT molecular complexity index is 805. The summed E-state index contributed by atoms with van der Waals surface area (Å²) >= 11 is 18.5. The van der Waals surface area contributed by atoms with Crippen LogP contribution in [0.15, 0.2) is 42.5 Å². The van der Waals surface area contributed by atoms with Crippen molar-refractivity contribution in [1.82, 2.24) is 10.2 Å². The van der Waals surface area contributed by atoms with Gasteiger partial charge in [0.2, 0.25) is 11.8 Å². The van der Waals surface area contributed by atoms with Gasteiger partial charge in [-0.05, 0) is 43.2 Å². The number of hydrogen-bond donors (Lipinski definition) is 1. The Labute approximate surface area is 180 Å². The summed E-state index contributed by atoms with van der Waals surface area (Å²) in [5, 5.41) is 4.32. The van der Waals surface area contributed by atoms with E-state index in [9.17, 15) is 9.59 Å². The third-order valence-electron chi connectivity index (χ3n) is 4.40. The number of likely N-dealkylation sites (N-methyl/N-ethyl adjacent to an activating group) is 1. The molecule has 1 atom stereocenters. The molecule has 150 valence electrons. The maximum absolute atomic E-state index is 13.2. The van der Waals surface area contributed by atoms with Crippen LogP contribution in [0.1, 0.15) is 31.4 Å². The third-order valence-corrected chi connectivity index (χ3v) is 5.36. The number of nitrogens with zero attached hydrogens (tertiary/aromatic N) is 1. The van der Waals surface area contributed by atoms with Gasteiger partial charge < -0.3 is 10.2 Å². The minimum Gasteiger partial charge on any atom is -0.355 e. The average molecular weight is 442 g/mol. The van der Waals surface area contributed by atoms with Crippen LogP contribution < -0.4 is 5.32 Å². The second-order valence-electron chi connectivity index (χ2n) is 6.34. The van der Waals surface area contributed by atoms with E-state index in [1.54, 1.807) is 47.4 Å². The van der Waals surface area contributed by atoms with Gasteiger partial charge in [0.05, 0.1) is 6.42 Å². The lowest BCUT2D eigenvalue weighted by atomic mass is 10.1. The second-order valence-corrected chi connectivity index (χ2v) is 7.59. The first kappa shape index (κ1) is 22.5. The summed E-state index contributed by atoms with van der Waals surface area (Å²) in [5.74, 6) is -0.381. The number of halogens is 3. The number of carbonyl (C=O) groups is 2. The Hall–Kier alpha value is -1.75. The van der Waals surface area contributed by atoms with Crippen LogP contribution in [0.4, 0.5) is 0 Å². The zero-order valence-corrected chi connectivity index (χ0v) is 18.1. The van der Waals surface area contributed by atoms with Crippen molar-refractivity contribution < 1.29 is 9.59 Å². The predicted molar refractivity (Wildman–Crippen MR) is 115 cm³/mol. The van der Waals surface area contributed by atoms with E-state index >= 15 is 0 Å². The molecule has 0 aliphatic carbocycles. The van der Waals surface area contributed by atoms with E-state index < -0.39 is 6.04 Å². The summed E-state index contributed by atoms with van der Waals surface area (Å²) in [4.78, 5) is 27.3. The van der Waals surface area contributed by atoms with Crippen LogP contribution in [-0.2, 0) is 22.6 Å². The molecule has 0 aromatic heterocycles. The Morgan fingerprint density at radius 2 is 1.61 bits per heavy atom. The second kappa shape index (κ2) is 10.7. The lowest BCUT2D eigenvalue weighted by molar-refractivity contribution is -0.140. The zero-order valence-electron chi connectivity index (χ0n) is 15.8. The first-order chi connectivity index (χ1) is 13.4. The van der Waals surface area contributed by atoms with Crippen molar-refractivity contribution in [3.05, 3.63) is 68.7 Å². The number of hydrogen-bond acceptors (Lipinski definition) is 2. The molecular formula is C21H23Cl3N2O2. The molecule has 2 aromatic rings. The molecule has 0 radical (unpaired) electrons. The molecule has 0 aliphatic rings. The molecule has 2 aromatic carbocycles. The highest BCUT2D eigenvalue weighted by molar-refractivity contribution is 6.36. The first-order valence-corrected chi connectivity index (χ1v) is 10.2. The SMILES string of the molecule is CCNC(=O)C(CC)N(Cc1c(Cl)cccc1Cl)C(=O)Cc1ccc(Cl)cc1. The molecule has 0 spiro atoms. The molecule has 0 heterocycles. The summed E-state index contributed by atoms with van der Waals surface area (Å²) in [6.45, 7) is 4.36. The molecule has 0 fully saturated rings. The zero-order chi connectivity index (χ0) is 20.7. The van der Waals surface area contributed by atoms with Gasteiger partial charge in [0.15, 0.2) is 0 Å². The first-order valence-electron chi connectivity index (χ1n) is 9.11. The smallest absolute Gasteiger partial charge is 0.242 e. The summed E-state index contributed by atoms with van der Waals surface area (Å²) < 4.78 is 0. The van der Waals surface area contributed by atoms with E-state index in [1.165, 1.54) is 0 Å². The molecule has 0 saturated carbocycles. The van der Waals surface area contributed by atoms with E-state index in [1.807, 2.05) is 13.8 Å². The Morgan fingerprint density at radius 1 is 1.00 bits per heavy atom. The van der Waals surface area contributed by atoms with E-state index in [4.69, 9.17) is 34.8 Å². The highest BCUT2D eigenvalue weighted by Crippen LogP contribution is 2.27. The highest BCUT2D eigenvalue weighted by Gasteiger charge is 2.29. The van der Waals surface area contributed by atoms with Gasteiger partial charge in [0, 0.05) is 33.7 Å². The van der Waals surface area contributed by atoms with Crippen molar-refractivity contribution in [1.29, 1.82) is 0 Å². The predicted octanol–water partition coefficient (Wildman–Crippen LogP) is 5.13. The van der Waals surface area contributed by atoms with Gasteiger partial charge in [-0.2, -0.15) is 0 Å². The molecule has 4 nitrogen and oxygen atoms in total. The van der Waals surface area contributed by atoms with Crippen molar-refractivity contribution >= 4 is 46.6 Å². The molecule has 0 aliphatic heterocycles. The van der Waals surface area contributed by atoms with Crippen molar-refractivity contribution in [3.63, 3.8) is 0 Å². The van der Waals surface area contributed by atoms with Crippen LogP contribution in [0.25, 0.3) is 0 Å². The molecule has 1 N–H and O–H groups in total. The number of rotatable bonds is 8. The van der Waals surface area contributed by atoms with Crippen molar-refractivity contribution in [2.24, 2.45) is 0 Å². The standard InChI is InChI=1S/C21H23Cl3N2O2/c1-3-19(21(28)25-4-2)26(13-16-17(23)6-5-7-18(16)24)20(27)12-14-8-10-15(22)11-9-14/h5-11,19H,3-4,12-13H2,1-2H3,(H,25,28). The Morgan fingerprint density at radius 3 is 2.14 bits per heavy atom. The lowest BCUT2D eigenvalue weighted by Gasteiger charge is -2.31. The van der Waals surface area contributed by atoms with E-state index in [-0.39, 0.29) is 24.8 Å². The van der Waals surface area contributed by atoms with Gasteiger partial charge in [0.25, 0.3) is 0 Å². The van der Waals surface area contributed by atoms with Crippen LogP contribution in [0.5, 0.6) is 0 Å². The van der Waals surface area contributed by atoms with Crippen molar-refractivity contribution in [3.8, 4) is 0 Å². The Kier molecular flexibility index (Phi) is 8.61. The van der Waals surface area contributed by atoms with Gasteiger partial charge in [-0.3, -0.25) is 9.59 Å². The summed E-state index contributed by atoms with van der Waals surface area (Å²) in [6, 6.07) is 11.6. The normalized spacial score (nSPS) is 11.8. The van der Waals surface area contributed by atoms with Crippen LogP contribution >= 0.6 is 34.8 Å². The van der Waals surface area contributed by atoms with Crippen LogP contribution in [-0.4, -0.2) is 29.3 Å². The molecule has 7 heteroatoms. The van der Waals surface area contributed by atoms with Gasteiger partial charge in [0.1, 0.15) is 6.04 Å². The Balaban J connectivity index is 2.35. The van der Waals surface area contributed by atoms with Crippen LogP contribution in [0, 0.1) is 0 Å². The van der Waals surface area contributed by atoms with Gasteiger partial charge in [-0.25, -0.2) is 0 Å². The van der Waals surface area contributed by atoms with Crippen molar-refractivity contribution in [2.45, 2.75) is 39.3 Å². The number of benzene rings is 2. The molecular weight excluding hydrogens is 419 g/mol. The largest absolute Gasteiger partial charge is 0.355 e. The highest BCUT2D eigenvalue weighted by atomic mass is 35.5. The molecule has 1 unspecified atom stereocenters. The summed E-state index contributed by atoms with van der Waals surface area (Å²) in [7, 11) is 0. The van der Waals surface area contributed by atoms with E-state index in [2.05, 4.69) is 5.32 Å². The number of amides is 2. The third kappa shape index (κ3) is 5.87. The number of carbonyl (C=O) groups excluding carboxylic acids is 2. The molecule has 2 amide bonds. The average Bonchev–Trinajstić information content (AvgIpc) is 2.66. The topological polar surface area (TPSA) is 49.4 Å². The fourth-order valence-corrected chi connectivity index (χ4v) is 3.59. The maximum Gasteiger partial charge on any atom is 0.242 e. The van der Waals surface area contributed by atoms with E-state index in [0.717, 1.165) is 5.56 Å². The molecule has 0 saturated heterocycles. The molecule has 2 rings (SSSR count). The minimum absolute atomic E-state index is 0.148. The van der Waals surface area contributed by atoms with Gasteiger partial charge >= 0.3 is 0 Å².